The van der Waals surface area contributed by atoms with Crippen LogP contribution in [0.3, 0.4) is 0 Å². The summed E-state index contributed by atoms with van der Waals surface area (Å²) < 4.78 is 16.1. The Labute approximate surface area is 117 Å². The van der Waals surface area contributed by atoms with Crippen LogP contribution in [0.2, 0.25) is 0 Å². The zero-order valence-electron chi connectivity index (χ0n) is 11.3. The fourth-order valence-corrected chi connectivity index (χ4v) is 2.28. The summed E-state index contributed by atoms with van der Waals surface area (Å²) in [6.45, 7) is 3.58. The molecule has 4 heteroatoms. The molecule has 3 rings (SSSR count). The molecule has 1 heterocycles. The Balaban J connectivity index is 2.02. The number of aromatic nitrogens is 2. The van der Waals surface area contributed by atoms with E-state index >= 15 is 0 Å². The third kappa shape index (κ3) is 2.30. The lowest BCUT2D eigenvalue weighted by Crippen LogP contribution is -2.12. The molecule has 1 N–H and O–H groups in total. The molecule has 0 fully saturated rings. The van der Waals surface area contributed by atoms with Crippen LogP contribution in [-0.2, 0) is 6.54 Å². The Kier molecular flexibility index (Phi) is 3.48. The summed E-state index contributed by atoms with van der Waals surface area (Å²) >= 11 is 0. The van der Waals surface area contributed by atoms with Crippen molar-refractivity contribution in [1.82, 2.24) is 14.9 Å². The number of rotatable bonds is 4. The van der Waals surface area contributed by atoms with E-state index in [1.165, 1.54) is 0 Å². The average Bonchev–Trinajstić information content (AvgIpc) is 2.89. The number of halogens is 1. The van der Waals surface area contributed by atoms with Crippen LogP contribution < -0.4 is 5.32 Å². The number of nitrogens with zero attached hydrogens (tertiary/aromatic N) is 2. The van der Waals surface area contributed by atoms with Gasteiger partial charge in [0.05, 0.1) is 16.7 Å². The molecular weight excluding hydrogens is 253 g/mol. The predicted octanol–water partition coefficient (Wildman–Crippen LogP) is 3.27. The summed E-state index contributed by atoms with van der Waals surface area (Å²) in [4.78, 5) is 4.29. The highest BCUT2D eigenvalue weighted by molar-refractivity contribution is 5.77. The van der Waals surface area contributed by atoms with Crippen LogP contribution >= 0.6 is 0 Å². The minimum atomic E-state index is -0.233. The van der Waals surface area contributed by atoms with Gasteiger partial charge in [-0.05, 0) is 36.4 Å². The SMILES string of the molecule is CCNCc1ccc(-n2cnc3ccccc32)c(F)c1. The first kappa shape index (κ1) is 12.8. The lowest BCUT2D eigenvalue weighted by atomic mass is 10.2. The van der Waals surface area contributed by atoms with Crippen molar-refractivity contribution in [3.8, 4) is 5.69 Å². The Morgan fingerprint density at radius 1 is 1.20 bits per heavy atom. The maximum absolute atomic E-state index is 14.3. The van der Waals surface area contributed by atoms with Crippen molar-refractivity contribution in [2.75, 3.05) is 6.54 Å². The molecule has 0 aliphatic carbocycles. The fourth-order valence-electron chi connectivity index (χ4n) is 2.28. The van der Waals surface area contributed by atoms with Crippen LogP contribution in [0.5, 0.6) is 0 Å². The van der Waals surface area contributed by atoms with E-state index in [2.05, 4.69) is 10.3 Å². The maximum Gasteiger partial charge on any atom is 0.147 e. The van der Waals surface area contributed by atoms with Crippen LogP contribution in [0.15, 0.2) is 48.8 Å². The molecule has 2 aromatic carbocycles. The Morgan fingerprint density at radius 2 is 2.05 bits per heavy atom. The fraction of sp³-hybridized carbons (Fsp3) is 0.188. The summed E-state index contributed by atoms with van der Waals surface area (Å²) in [6, 6.07) is 13.0. The number of hydrogen-bond donors (Lipinski definition) is 1. The van der Waals surface area contributed by atoms with E-state index in [4.69, 9.17) is 0 Å². The molecule has 3 aromatic rings. The van der Waals surface area contributed by atoms with Gasteiger partial charge in [-0.15, -0.1) is 0 Å². The average molecular weight is 269 g/mol. The second-order valence-corrected chi connectivity index (χ2v) is 4.67. The van der Waals surface area contributed by atoms with Crippen molar-refractivity contribution in [3.05, 3.63) is 60.2 Å². The molecular formula is C16H16FN3. The Morgan fingerprint density at radius 3 is 2.85 bits per heavy atom. The van der Waals surface area contributed by atoms with Gasteiger partial charge in [0.15, 0.2) is 0 Å². The highest BCUT2D eigenvalue weighted by Gasteiger charge is 2.09. The molecule has 0 atom stereocenters. The third-order valence-electron chi connectivity index (χ3n) is 3.30. The van der Waals surface area contributed by atoms with Crippen LogP contribution in [-0.4, -0.2) is 16.1 Å². The lowest BCUT2D eigenvalue weighted by molar-refractivity contribution is 0.614. The summed E-state index contributed by atoms with van der Waals surface area (Å²) in [6.07, 6.45) is 1.66. The highest BCUT2D eigenvalue weighted by atomic mass is 19.1. The molecule has 0 bridgehead atoms. The molecule has 0 saturated carbocycles. The number of imidazole rings is 1. The van der Waals surface area contributed by atoms with E-state index in [0.717, 1.165) is 23.1 Å². The number of benzene rings is 2. The molecule has 0 aliphatic rings. The number of para-hydroxylation sites is 2. The van der Waals surface area contributed by atoms with Gasteiger partial charge in [-0.25, -0.2) is 9.37 Å². The van der Waals surface area contributed by atoms with E-state index in [1.54, 1.807) is 23.0 Å². The first-order valence-corrected chi connectivity index (χ1v) is 6.71. The van der Waals surface area contributed by atoms with E-state index in [9.17, 15) is 4.39 Å². The van der Waals surface area contributed by atoms with Crippen molar-refractivity contribution < 1.29 is 4.39 Å². The normalized spacial score (nSPS) is 11.1. The lowest BCUT2D eigenvalue weighted by Gasteiger charge is -2.08. The Hall–Kier alpha value is -2.20. The van der Waals surface area contributed by atoms with E-state index in [1.807, 2.05) is 37.3 Å². The second kappa shape index (κ2) is 5.43. The molecule has 0 spiro atoms. The van der Waals surface area contributed by atoms with Gasteiger partial charge < -0.3 is 5.32 Å². The molecule has 20 heavy (non-hydrogen) atoms. The third-order valence-corrected chi connectivity index (χ3v) is 3.30. The van der Waals surface area contributed by atoms with Gasteiger partial charge in [0.25, 0.3) is 0 Å². The molecule has 0 radical (unpaired) electrons. The quantitative estimate of drug-likeness (QED) is 0.787. The number of hydrogen-bond acceptors (Lipinski definition) is 2. The van der Waals surface area contributed by atoms with Crippen molar-refractivity contribution in [3.63, 3.8) is 0 Å². The highest BCUT2D eigenvalue weighted by Crippen LogP contribution is 2.21. The molecule has 3 nitrogen and oxygen atoms in total. The zero-order valence-corrected chi connectivity index (χ0v) is 11.3. The van der Waals surface area contributed by atoms with Crippen LogP contribution in [0.1, 0.15) is 12.5 Å². The monoisotopic (exact) mass is 269 g/mol. The van der Waals surface area contributed by atoms with Crippen LogP contribution in [0, 0.1) is 5.82 Å². The van der Waals surface area contributed by atoms with Gasteiger partial charge >= 0.3 is 0 Å². The van der Waals surface area contributed by atoms with Gasteiger partial charge in [0.2, 0.25) is 0 Å². The van der Waals surface area contributed by atoms with Crippen molar-refractivity contribution in [1.29, 1.82) is 0 Å². The number of fused-ring (bicyclic) bond motifs is 1. The summed E-state index contributed by atoms with van der Waals surface area (Å²) in [7, 11) is 0. The van der Waals surface area contributed by atoms with Crippen LogP contribution in [0.25, 0.3) is 16.7 Å². The molecule has 0 amide bonds. The largest absolute Gasteiger partial charge is 0.313 e. The minimum absolute atomic E-state index is 0.233. The van der Waals surface area contributed by atoms with E-state index in [0.29, 0.717) is 12.2 Å². The van der Waals surface area contributed by atoms with Gasteiger partial charge in [0, 0.05) is 6.54 Å². The summed E-state index contributed by atoms with van der Waals surface area (Å²) in [5, 5.41) is 3.19. The van der Waals surface area contributed by atoms with Crippen molar-refractivity contribution in [2.24, 2.45) is 0 Å². The minimum Gasteiger partial charge on any atom is -0.313 e. The zero-order chi connectivity index (χ0) is 13.9. The molecule has 0 aliphatic heterocycles. The molecule has 1 aromatic heterocycles. The predicted molar refractivity (Wildman–Crippen MR) is 78.4 cm³/mol. The van der Waals surface area contributed by atoms with E-state index < -0.39 is 0 Å². The van der Waals surface area contributed by atoms with Crippen molar-refractivity contribution in [2.45, 2.75) is 13.5 Å². The standard InChI is InChI=1S/C16H16FN3/c1-2-18-10-12-7-8-15(13(17)9-12)20-11-19-14-5-3-4-6-16(14)20/h3-9,11,18H,2,10H2,1H3. The van der Waals surface area contributed by atoms with Gasteiger partial charge in [-0.3, -0.25) is 4.57 Å². The smallest absolute Gasteiger partial charge is 0.147 e. The maximum atomic E-state index is 14.3. The second-order valence-electron chi connectivity index (χ2n) is 4.67. The van der Waals surface area contributed by atoms with Gasteiger partial charge in [-0.2, -0.15) is 0 Å². The van der Waals surface area contributed by atoms with Gasteiger partial charge in [0.1, 0.15) is 12.1 Å². The number of nitrogens with one attached hydrogen (secondary N) is 1. The first-order valence-electron chi connectivity index (χ1n) is 6.71. The van der Waals surface area contributed by atoms with Gasteiger partial charge in [-0.1, -0.05) is 25.1 Å². The topological polar surface area (TPSA) is 29.9 Å². The molecule has 0 saturated heterocycles. The molecule has 0 unspecified atom stereocenters. The Bertz CT molecular complexity index is 733. The van der Waals surface area contributed by atoms with Crippen molar-refractivity contribution >= 4 is 11.0 Å². The first-order chi connectivity index (χ1) is 9.79. The van der Waals surface area contributed by atoms with E-state index in [-0.39, 0.29) is 5.82 Å². The molecule has 102 valence electrons. The summed E-state index contributed by atoms with van der Waals surface area (Å²) in [5.41, 5.74) is 3.24. The van der Waals surface area contributed by atoms with Crippen LogP contribution in [0.4, 0.5) is 4.39 Å². The summed E-state index contributed by atoms with van der Waals surface area (Å²) in [5.74, 6) is -0.233.